The van der Waals surface area contributed by atoms with Gasteiger partial charge in [-0.1, -0.05) is 0 Å². The Kier molecular flexibility index (Phi) is 2.28. The second-order valence-electron chi connectivity index (χ2n) is 3.94. The van der Waals surface area contributed by atoms with E-state index in [1.807, 2.05) is 18.2 Å². The number of benzene rings is 1. The largest absolute Gasteiger partial charge is 0.360 e. The Hall–Kier alpha value is -1.34. The van der Waals surface area contributed by atoms with Gasteiger partial charge in [-0.2, -0.15) is 0 Å². The molecule has 0 fully saturated rings. The summed E-state index contributed by atoms with van der Waals surface area (Å²) in [4.78, 5) is 13.8. The predicted molar refractivity (Wildman–Crippen MR) is 62.8 cm³/mol. The van der Waals surface area contributed by atoms with Crippen LogP contribution in [0, 0.1) is 0 Å². The Morgan fingerprint density at radius 1 is 1.33 bits per heavy atom. The minimum absolute atomic E-state index is 0.611. The Morgan fingerprint density at radius 2 is 2.07 bits per heavy atom. The lowest BCUT2D eigenvalue weighted by molar-refractivity contribution is 0.112. The average Bonchev–Trinajstić information content (AvgIpc) is 2.57. The fourth-order valence-electron chi connectivity index (χ4n) is 1.56. The highest BCUT2D eigenvalue weighted by molar-refractivity contribution is 7.70. The third-order valence-corrected chi connectivity index (χ3v) is 3.97. The molecule has 78 valence electrons. The maximum atomic E-state index is 11.9. The van der Waals surface area contributed by atoms with E-state index < -0.39 is 7.14 Å². The molecule has 2 rings (SSSR count). The highest BCUT2D eigenvalue weighted by atomic mass is 31.2. The van der Waals surface area contributed by atoms with Crippen LogP contribution < -0.4 is 5.30 Å². The molecule has 1 heterocycles. The summed E-state index contributed by atoms with van der Waals surface area (Å²) < 4.78 is 11.9. The number of aldehydes is 1. The number of fused-ring (bicyclic) bond motifs is 1. The summed E-state index contributed by atoms with van der Waals surface area (Å²) in [5.74, 6) is 0. The zero-order chi connectivity index (χ0) is 11.1. The molecular formula is C11H12NO2P. The van der Waals surface area contributed by atoms with E-state index >= 15 is 0 Å². The van der Waals surface area contributed by atoms with Crippen LogP contribution in [0.15, 0.2) is 24.4 Å². The number of hydrogen-bond acceptors (Lipinski definition) is 2. The van der Waals surface area contributed by atoms with Crippen molar-refractivity contribution in [1.29, 1.82) is 0 Å². The third kappa shape index (κ3) is 1.75. The Labute approximate surface area is 87.9 Å². The first kappa shape index (κ1) is 10.2. The van der Waals surface area contributed by atoms with Gasteiger partial charge >= 0.3 is 0 Å². The van der Waals surface area contributed by atoms with E-state index in [-0.39, 0.29) is 0 Å². The lowest BCUT2D eigenvalue weighted by Gasteiger charge is -2.06. The first-order valence-corrected chi connectivity index (χ1v) is 7.24. The first-order valence-electron chi connectivity index (χ1n) is 4.64. The normalized spacial score (nSPS) is 11.9. The van der Waals surface area contributed by atoms with Crippen LogP contribution in [-0.2, 0) is 4.57 Å². The summed E-state index contributed by atoms with van der Waals surface area (Å²) in [5, 5.41) is 1.64. The van der Waals surface area contributed by atoms with Crippen molar-refractivity contribution in [2.45, 2.75) is 0 Å². The molecule has 0 radical (unpaired) electrons. The molecule has 0 atom stereocenters. The van der Waals surface area contributed by atoms with Gasteiger partial charge in [0.2, 0.25) is 0 Å². The molecule has 0 saturated carbocycles. The van der Waals surface area contributed by atoms with Crippen LogP contribution in [0.3, 0.4) is 0 Å². The molecule has 3 nitrogen and oxygen atoms in total. The van der Waals surface area contributed by atoms with Gasteiger partial charge < -0.3 is 9.55 Å². The number of rotatable bonds is 2. The van der Waals surface area contributed by atoms with Crippen molar-refractivity contribution >= 4 is 29.6 Å². The molecular weight excluding hydrogens is 209 g/mol. The van der Waals surface area contributed by atoms with E-state index in [1.165, 1.54) is 0 Å². The smallest absolute Gasteiger partial charge is 0.152 e. The van der Waals surface area contributed by atoms with Gasteiger partial charge in [-0.05, 0) is 31.5 Å². The summed E-state index contributed by atoms with van der Waals surface area (Å²) in [6.07, 6.45) is 2.47. The number of aromatic nitrogens is 1. The molecule has 1 aromatic heterocycles. The fraction of sp³-hybridized carbons (Fsp3) is 0.182. The second-order valence-corrected chi connectivity index (χ2v) is 7.16. The van der Waals surface area contributed by atoms with Gasteiger partial charge in [0, 0.05) is 28.0 Å². The van der Waals surface area contributed by atoms with Crippen LogP contribution >= 0.6 is 7.14 Å². The van der Waals surface area contributed by atoms with Crippen molar-refractivity contribution in [3.8, 4) is 0 Å². The van der Waals surface area contributed by atoms with Gasteiger partial charge in [0.25, 0.3) is 0 Å². The zero-order valence-corrected chi connectivity index (χ0v) is 9.54. The van der Waals surface area contributed by atoms with Crippen molar-refractivity contribution in [3.63, 3.8) is 0 Å². The van der Waals surface area contributed by atoms with E-state index in [0.29, 0.717) is 5.56 Å². The lowest BCUT2D eigenvalue weighted by atomic mass is 10.2. The van der Waals surface area contributed by atoms with Gasteiger partial charge in [-0.15, -0.1) is 0 Å². The van der Waals surface area contributed by atoms with Crippen molar-refractivity contribution in [2.24, 2.45) is 0 Å². The monoisotopic (exact) mass is 221 g/mol. The van der Waals surface area contributed by atoms with Crippen molar-refractivity contribution in [1.82, 2.24) is 4.98 Å². The molecule has 0 spiro atoms. The number of carbonyl (C=O) groups is 1. The van der Waals surface area contributed by atoms with Gasteiger partial charge in [-0.25, -0.2) is 0 Å². The van der Waals surface area contributed by atoms with Gasteiger partial charge in [0.05, 0.1) is 0 Å². The van der Waals surface area contributed by atoms with Crippen molar-refractivity contribution in [2.75, 3.05) is 13.3 Å². The second kappa shape index (κ2) is 3.35. The Bertz CT molecular complexity index is 565. The maximum absolute atomic E-state index is 11.9. The van der Waals surface area contributed by atoms with Crippen LogP contribution in [0.25, 0.3) is 10.9 Å². The summed E-state index contributed by atoms with van der Waals surface area (Å²) in [6.45, 7) is 3.45. The molecule has 15 heavy (non-hydrogen) atoms. The van der Waals surface area contributed by atoms with E-state index in [1.54, 1.807) is 19.5 Å². The van der Waals surface area contributed by atoms with Crippen molar-refractivity contribution in [3.05, 3.63) is 30.0 Å². The zero-order valence-electron chi connectivity index (χ0n) is 8.65. The lowest BCUT2D eigenvalue weighted by Crippen LogP contribution is -2.01. The van der Waals surface area contributed by atoms with Gasteiger partial charge in [0.15, 0.2) is 6.29 Å². The SMILES string of the molecule is CP(C)(=O)c1ccc2[nH]cc(C=O)c2c1. The summed E-state index contributed by atoms with van der Waals surface area (Å²) in [6, 6.07) is 5.53. The topological polar surface area (TPSA) is 49.9 Å². The summed E-state index contributed by atoms with van der Waals surface area (Å²) in [5.41, 5.74) is 1.51. The number of carbonyl (C=O) groups excluding carboxylic acids is 1. The van der Waals surface area contributed by atoms with Gasteiger partial charge in [0.1, 0.15) is 7.14 Å². The number of H-pyrrole nitrogens is 1. The van der Waals surface area contributed by atoms with Crippen LogP contribution in [0.5, 0.6) is 0 Å². The molecule has 2 aromatic rings. The van der Waals surface area contributed by atoms with Gasteiger partial charge in [-0.3, -0.25) is 4.79 Å². The predicted octanol–water partition coefficient (Wildman–Crippen LogP) is 2.23. The van der Waals surface area contributed by atoms with Crippen molar-refractivity contribution < 1.29 is 9.36 Å². The molecule has 0 aliphatic carbocycles. The standard InChI is InChI=1S/C11H12NO2P/c1-15(2,14)9-3-4-11-10(5-9)8(7-13)6-12-11/h3-7,12H,1-2H3. The fourth-order valence-corrected chi connectivity index (χ4v) is 2.44. The third-order valence-electron chi connectivity index (χ3n) is 2.45. The Morgan fingerprint density at radius 3 is 2.67 bits per heavy atom. The molecule has 0 unspecified atom stereocenters. The highest BCUT2D eigenvalue weighted by Crippen LogP contribution is 2.35. The maximum Gasteiger partial charge on any atom is 0.152 e. The summed E-state index contributed by atoms with van der Waals surface area (Å²) >= 11 is 0. The molecule has 0 saturated heterocycles. The number of nitrogens with one attached hydrogen (secondary N) is 1. The van der Waals surface area contributed by atoms with Crippen LogP contribution in [0.2, 0.25) is 0 Å². The molecule has 1 N–H and O–H groups in total. The molecule has 0 amide bonds. The molecule has 0 bridgehead atoms. The van der Waals surface area contributed by atoms with E-state index in [0.717, 1.165) is 22.5 Å². The van der Waals surface area contributed by atoms with E-state index in [2.05, 4.69) is 4.98 Å². The van der Waals surface area contributed by atoms with Crippen LogP contribution in [0.1, 0.15) is 10.4 Å². The average molecular weight is 221 g/mol. The quantitative estimate of drug-likeness (QED) is 0.624. The highest BCUT2D eigenvalue weighted by Gasteiger charge is 2.12. The molecule has 4 heteroatoms. The molecule has 0 aliphatic heterocycles. The number of hydrogen-bond donors (Lipinski definition) is 1. The minimum atomic E-state index is -2.26. The molecule has 0 aliphatic rings. The van der Waals surface area contributed by atoms with E-state index in [9.17, 15) is 9.36 Å². The minimum Gasteiger partial charge on any atom is -0.360 e. The number of aromatic amines is 1. The first-order chi connectivity index (χ1) is 7.02. The molecule has 1 aromatic carbocycles. The summed E-state index contributed by atoms with van der Waals surface area (Å²) in [7, 11) is -2.26. The van der Waals surface area contributed by atoms with E-state index in [4.69, 9.17) is 0 Å². The van der Waals surface area contributed by atoms with Crippen LogP contribution in [0.4, 0.5) is 0 Å². The van der Waals surface area contributed by atoms with Crippen LogP contribution in [-0.4, -0.2) is 24.6 Å². The Balaban J connectivity index is 2.73.